The third-order valence-corrected chi connectivity index (χ3v) is 3.70. The van der Waals surface area contributed by atoms with Crippen LogP contribution < -0.4 is 0 Å². The summed E-state index contributed by atoms with van der Waals surface area (Å²) >= 11 is 13.8. The molecular weight excluding hydrogens is 348 g/mol. The van der Waals surface area contributed by atoms with Gasteiger partial charge in [0.1, 0.15) is 6.26 Å². The van der Waals surface area contributed by atoms with Crippen molar-refractivity contribution in [2.45, 2.75) is 5.88 Å². The van der Waals surface area contributed by atoms with Crippen LogP contribution in [0.25, 0.3) is 11.5 Å². The molecule has 2 nitrogen and oxygen atoms in total. The first-order chi connectivity index (χ1) is 7.20. The monoisotopic (exact) mass is 353 g/mol. The van der Waals surface area contributed by atoms with E-state index in [1.54, 1.807) is 6.26 Å². The van der Waals surface area contributed by atoms with E-state index in [1.807, 2.05) is 18.2 Å². The zero-order valence-electron chi connectivity index (χ0n) is 7.51. The van der Waals surface area contributed by atoms with Gasteiger partial charge < -0.3 is 4.42 Å². The highest BCUT2D eigenvalue weighted by atomic mass is 127. The highest BCUT2D eigenvalue weighted by Crippen LogP contribution is 2.26. The molecule has 0 unspecified atom stereocenters. The Morgan fingerprint density at radius 1 is 1.40 bits per heavy atom. The molecule has 2 rings (SSSR count). The molecule has 1 aromatic carbocycles. The van der Waals surface area contributed by atoms with Crippen molar-refractivity contribution in [1.82, 2.24) is 4.98 Å². The minimum Gasteiger partial charge on any atom is -0.444 e. The number of benzene rings is 1. The highest BCUT2D eigenvalue weighted by Gasteiger charge is 2.07. The summed E-state index contributed by atoms with van der Waals surface area (Å²) < 4.78 is 6.28. The van der Waals surface area contributed by atoms with Gasteiger partial charge in [0.05, 0.1) is 16.6 Å². The minimum absolute atomic E-state index is 0.349. The van der Waals surface area contributed by atoms with Gasteiger partial charge in [0.15, 0.2) is 0 Å². The molecule has 0 amide bonds. The first kappa shape index (κ1) is 11.2. The fourth-order valence-electron chi connectivity index (χ4n) is 1.13. The number of nitrogens with zero attached hydrogens (tertiary/aromatic N) is 1. The van der Waals surface area contributed by atoms with E-state index in [2.05, 4.69) is 27.6 Å². The summed E-state index contributed by atoms with van der Waals surface area (Å²) in [5.41, 5.74) is 1.58. The van der Waals surface area contributed by atoms with Crippen LogP contribution in [0.1, 0.15) is 5.69 Å². The Bertz CT molecular complexity index is 484. The zero-order chi connectivity index (χ0) is 10.8. The normalized spacial score (nSPS) is 10.6. The maximum atomic E-state index is 6.00. The Morgan fingerprint density at radius 3 is 2.80 bits per heavy atom. The van der Waals surface area contributed by atoms with Crippen molar-refractivity contribution >= 4 is 45.8 Å². The number of rotatable bonds is 2. The van der Waals surface area contributed by atoms with Crippen LogP contribution in [0.5, 0.6) is 0 Å². The molecule has 0 saturated heterocycles. The Morgan fingerprint density at radius 2 is 2.20 bits per heavy atom. The lowest BCUT2D eigenvalue weighted by atomic mass is 10.2. The molecule has 0 aliphatic rings. The van der Waals surface area contributed by atoms with Crippen molar-refractivity contribution in [3.8, 4) is 11.5 Å². The molecule has 15 heavy (non-hydrogen) atoms. The second-order valence-corrected chi connectivity index (χ2v) is 4.74. The fraction of sp³-hybridized carbons (Fsp3) is 0.100. The predicted octanol–water partition coefficient (Wildman–Crippen LogP) is 4.34. The molecule has 5 heteroatoms. The van der Waals surface area contributed by atoms with Gasteiger partial charge in [-0.25, -0.2) is 4.98 Å². The smallest absolute Gasteiger partial charge is 0.226 e. The SMILES string of the molecule is ClCc1coc(-c2ccc(I)c(Cl)c2)n1. The van der Waals surface area contributed by atoms with E-state index in [1.165, 1.54) is 0 Å². The molecule has 0 aliphatic heterocycles. The lowest BCUT2D eigenvalue weighted by Crippen LogP contribution is -1.81. The van der Waals surface area contributed by atoms with E-state index >= 15 is 0 Å². The summed E-state index contributed by atoms with van der Waals surface area (Å²) in [4.78, 5) is 4.21. The van der Waals surface area contributed by atoms with Gasteiger partial charge in [-0.05, 0) is 40.8 Å². The lowest BCUT2D eigenvalue weighted by Gasteiger charge is -1.98. The van der Waals surface area contributed by atoms with Crippen LogP contribution in [0.4, 0.5) is 0 Å². The third-order valence-electron chi connectivity index (χ3n) is 1.86. The van der Waals surface area contributed by atoms with E-state index in [9.17, 15) is 0 Å². The van der Waals surface area contributed by atoms with Crippen LogP contribution >= 0.6 is 45.8 Å². The molecular formula is C10H6Cl2INO. The topological polar surface area (TPSA) is 26.0 Å². The Balaban J connectivity index is 2.40. The maximum Gasteiger partial charge on any atom is 0.226 e. The van der Waals surface area contributed by atoms with Gasteiger partial charge in [0.2, 0.25) is 5.89 Å². The van der Waals surface area contributed by atoms with E-state index < -0.39 is 0 Å². The van der Waals surface area contributed by atoms with Gasteiger partial charge in [-0.1, -0.05) is 11.6 Å². The van der Waals surface area contributed by atoms with Gasteiger partial charge in [-0.2, -0.15) is 0 Å². The van der Waals surface area contributed by atoms with E-state index in [0.29, 0.717) is 16.8 Å². The fourth-order valence-corrected chi connectivity index (χ4v) is 1.77. The number of oxazole rings is 1. The van der Waals surface area contributed by atoms with Crippen LogP contribution in [0.15, 0.2) is 28.9 Å². The first-order valence-electron chi connectivity index (χ1n) is 4.16. The first-order valence-corrected chi connectivity index (χ1v) is 6.15. The summed E-state index contributed by atoms with van der Waals surface area (Å²) in [6.07, 6.45) is 1.55. The summed E-state index contributed by atoms with van der Waals surface area (Å²) in [5, 5.41) is 0.693. The highest BCUT2D eigenvalue weighted by molar-refractivity contribution is 14.1. The van der Waals surface area contributed by atoms with Gasteiger partial charge in [-0.3, -0.25) is 0 Å². The van der Waals surface area contributed by atoms with Gasteiger partial charge in [0, 0.05) is 9.13 Å². The Kier molecular flexibility index (Phi) is 3.53. The van der Waals surface area contributed by atoms with Gasteiger partial charge in [-0.15, -0.1) is 11.6 Å². The molecule has 2 aromatic rings. The number of alkyl halides is 1. The van der Waals surface area contributed by atoms with Crippen molar-refractivity contribution in [1.29, 1.82) is 0 Å². The second kappa shape index (κ2) is 4.72. The van der Waals surface area contributed by atoms with Crippen LogP contribution in [-0.2, 0) is 5.88 Å². The molecule has 0 N–H and O–H groups in total. The van der Waals surface area contributed by atoms with Crippen LogP contribution in [0.3, 0.4) is 0 Å². The molecule has 1 heterocycles. The molecule has 0 atom stereocenters. The van der Waals surface area contributed by atoms with Crippen molar-refractivity contribution in [2.75, 3.05) is 0 Å². The van der Waals surface area contributed by atoms with Crippen molar-refractivity contribution in [2.24, 2.45) is 0 Å². The summed E-state index contributed by atoms with van der Waals surface area (Å²) in [6, 6.07) is 5.66. The zero-order valence-corrected chi connectivity index (χ0v) is 11.2. The van der Waals surface area contributed by atoms with Crippen LogP contribution in [-0.4, -0.2) is 4.98 Å². The Hall–Kier alpha value is -0.260. The minimum atomic E-state index is 0.349. The summed E-state index contributed by atoms with van der Waals surface area (Å²) in [5.74, 6) is 0.894. The van der Waals surface area contributed by atoms with Gasteiger partial charge in [0.25, 0.3) is 0 Å². The number of hydrogen-bond donors (Lipinski definition) is 0. The van der Waals surface area contributed by atoms with Crippen LogP contribution in [0.2, 0.25) is 5.02 Å². The quantitative estimate of drug-likeness (QED) is 0.593. The second-order valence-electron chi connectivity index (χ2n) is 2.91. The largest absolute Gasteiger partial charge is 0.444 e. The average Bonchev–Trinajstić information content (AvgIpc) is 2.70. The van der Waals surface area contributed by atoms with Crippen molar-refractivity contribution in [3.63, 3.8) is 0 Å². The van der Waals surface area contributed by atoms with Crippen molar-refractivity contribution < 1.29 is 4.42 Å². The van der Waals surface area contributed by atoms with E-state index in [0.717, 1.165) is 14.8 Å². The standard InChI is InChI=1S/C10H6Cl2INO/c11-4-7-5-15-10(14-7)6-1-2-9(13)8(12)3-6/h1-3,5H,4H2. The number of aromatic nitrogens is 1. The molecule has 78 valence electrons. The molecule has 0 saturated carbocycles. The number of halogens is 3. The third kappa shape index (κ3) is 2.46. The predicted molar refractivity (Wildman–Crippen MR) is 69.2 cm³/mol. The van der Waals surface area contributed by atoms with Crippen molar-refractivity contribution in [3.05, 3.63) is 38.7 Å². The number of hydrogen-bond acceptors (Lipinski definition) is 2. The molecule has 1 aromatic heterocycles. The van der Waals surface area contributed by atoms with E-state index in [4.69, 9.17) is 27.6 Å². The van der Waals surface area contributed by atoms with Crippen LogP contribution in [0, 0.1) is 3.57 Å². The van der Waals surface area contributed by atoms with E-state index in [-0.39, 0.29) is 0 Å². The molecule has 0 radical (unpaired) electrons. The molecule has 0 spiro atoms. The maximum absolute atomic E-state index is 6.00. The lowest BCUT2D eigenvalue weighted by molar-refractivity contribution is 0.573. The average molecular weight is 354 g/mol. The van der Waals surface area contributed by atoms with Gasteiger partial charge >= 0.3 is 0 Å². The summed E-state index contributed by atoms with van der Waals surface area (Å²) in [7, 11) is 0. The summed E-state index contributed by atoms with van der Waals surface area (Å²) in [6.45, 7) is 0. The molecule has 0 bridgehead atoms. The molecule has 0 aliphatic carbocycles. The Labute approximate surface area is 111 Å². The molecule has 0 fully saturated rings.